The van der Waals surface area contributed by atoms with Gasteiger partial charge < -0.3 is 19.9 Å². The lowest BCUT2D eigenvalue weighted by molar-refractivity contribution is -0.130. The second kappa shape index (κ2) is 10.1. The number of hydrogen-bond acceptors (Lipinski definition) is 7. The van der Waals surface area contributed by atoms with Crippen LogP contribution in [0.4, 0.5) is 5.82 Å². The number of carbonyl (C=O) groups excluding carboxylic acids is 2. The van der Waals surface area contributed by atoms with Gasteiger partial charge in [-0.1, -0.05) is 12.1 Å². The van der Waals surface area contributed by atoms with Crippen LogP contribution < -0.4 is 15.0 Å². The highest BCUT2D eigenvalue weighted by atomic mass is 16.5. The zero-order chi connectivity index (χ0) is 23.2. The van der Waals surface area contributed by atoms with Crippen LogP contribution in [-0.2, 0) is 16.1 Å². The third kappa shape index (κ3) is 5.46. The van der Waals surface area contributed by atoms with E-state index in [0.29, 0.717) is 37.9 Å². The van der Waals surface area contributed by atoms with Gasteiger partial charge in [0.05, 0.1) is 13.2 Å². The van der Waals surface area contributed by atoms with Crippen molar-refractivity contribution >= 4 is 17.6 Å². The standard InChI is InChI=1S/C23H27N7O3/c1-17(31)28-11-12-30(21-7-8-25-23(27-21)29-10-9-24-16-29)19(15-28)13-22(32)26-14-18-3-5-20(33-2)6-4-18/h3-10,16,19H,11-15H2,1-2H3,(H,26,32). The van der Waals surface area contributed by atoms with Crippen molar-refractivity contribution in [1.82, 2.24) is 29.7 Å². The molecule has 3 aromatic rings. The lowest BCUT2D eigenvalue weighted by Gasteiger charge is -2.41. The Kier molecular flexibility index (Phi) is 6.82. The van der Waals surface area contributed by atoms with Crippen LogP contribution in [0.25, 0.3) is 5.95 Å². The number of benzene rings is 1. The predicted molar refractivity (Wildman–Crippen MR) is 122 cm³/mol. The summed E-state index contributed by atoms with van der Waals surface area (Å²) in [5, 5.41) is 2.98. The molecule has 1 saturated heterocycles. The van der Waals surface area contributed by atoms with E-state index in [0.717, 1.165) is 11.3 Å². The van der Waals surface area contributed by atoms with Gasteiger partial charge >= 0.3 is 0 Å². The largest absolute Gasteiger partial charge is 0.497 e. The third-order valence-corrected chi connectivity index (χ3v) is 5.66. The summed E-state index contributed by atoms with van der Waals surface area (Å²) in [4.78, 5) is 41.7. The molecule has 0 bridgehead atoms. The van der Waals surface area contributed by atoms with Crippen LogP contribution in [0.3, 0.4) is 0 Å². The lowest BCUT2D eigenvalue weighted by atomic mass is 10.1. The molecule has 172 valence electrons. The molecule has 2 amide bonds. The Morgan fingerprint density at radius 1 is 1.15 bits per heavy atom. The topological polar surface area (TPSA) is 105 Å². The van der Waals surface area contributed by atoms with Crippen molar-refractivity contribution in [3.05, 3.63) is 60.8 Å². The highest BCUT2D eigenvalue weighted by molar-refractivity contribution is 5.78. The van der Waals surface area contributed by atoms with Crippen LogP contribution in [0, 0.1) is 0 Å². The Labute approximate surface area is 192 Å². The van der Waals surface area contributed by atoms with Gasteiger partial charge in [-0.15, -0.1) is 0 Å². The van der Waals surface area contributed by atoms with Crippen molar-refractivity contribution in [3.8, 4) is 11.7 Å². The summed E-state index contributed by atoms with van der Waals surface area (Å²) in [5.41, 5.74) is 0.982. The number of anilines is 1. The molecule has 1 N–H and O–H groups in total. The maximum Gasteiger partial charge on any atom is 0.236 e. The van der Waals surface area contributed by atoms with Crippen LogP contribution in [0.1, 0.15) is 18.9 Å². The molecule has 2 aromatic heterocycles. The van der Waals surface area contributed by atoms with E-state index in [-0.39, 0.29) is 24.3 Å². The molecule has 4 rings (SSSR count). The molecule has 0 saturated carbocycles. The van der Waals surface area contributed by atoms with Crippen LogP contribution >= 0.6 is 0 Å². The van der Waals surface area contributed by atoms with Gasteiger partial charge in [0.1, 0.15) is 17.9 Å². The fraction of sp³-hybridized carbons (Fsp3) is 0.348. The first-order valence-corrected chi connectivity index (χ1v) is 10.8. The minimum absolute atomic E-state index is 0.0000769. The number of amides is 2. The number of methoxy groups -OCH3 is 1. The Morgan fingerprint density at radius 3 is 2.67 bits per heavy atom. The molecule has 1 aliphatic rings. The average molecular weight is 450 g/mol. The Morgan fingerprint density at radius 2 is 1.97 bits per heavy atom. The van der Waals surface area contributed by atoms with Gasteiger partial charge in [-0.25, -0.2) is 9.97 Å². The van der Waals surface area contributed by atoms with Crippen LogP contribution in [0.15, 0.2) is 55.2 Å². The fourth-order valence-corrected chi connectivity index (χ4v) is 3.85. The molecule has 1 aliphatic heterocycles. The number of nitrogens with one attached hydrogen (secondary N) is 1. The molecule has 33 heavy (non-hydrogen) atoms. The minimum Gasteiger partial charge on any atom is -0.497 e. The molecular formula is C23H27N7O3. The van der Waals surface area contributed by atoms with E-state index < -0.39 is 0 Å². The summed E-state index contributed by atoms with van der Waals surface area (Å²) in [6, 6.07) is 9.18. The zero-order valence-corrected chi connectivity index (χ0v) is 18.7. The van der Waals surface area contributed by atoms with Gasteiger partial charge in [-0.3, -0.25) is 14.2 Å². The SMILES string of the molecule is COc1ccc(CNC(=O)CC2CN(C(C)=O)CCN2c2ccnc(-n3ccnc3)n2)cc1. The summed E-state index contributed by atoms with van der Waals surface area (Å²) >= 11 is 0. The molecule has 0 radical (unpaired) electrons. The Bertz CT molecular complexity index is 1090. The van der Waals surface area contributed by atoms with E-state index >= 15 is 0 Å². The maximum atomic E-state index is 12.8. The Hall–Kier alpha value is -3.95. The lowest BCUT2D eigenvalue weighted by Crippen LogP contribution is -2.56. The molecular weight excluding hydrogens is 422 g/mol. The molecule has 10 heteroatoms. The van der Waals surface area contributed by atoms with Crippen molar-refractivity contribution in [3.63, 3.8) is 0 Å². The Balaban J connectivity index is 1.46. The van der Waals surface area contributed by atoms with Crippen molar-refractivity contribution in [2.24, 2.45) is 0 Å². The van der Waals surface area contributed by atoms with Gasteiger partial charge in [0, 0.05) is 58.1 Å². The molecule has 0 aliphatic carbocycles. The summed E-state index contributed by atoms with van der Waals surface area (Å²) in [6.07, 6.45) is 7.01. The number of aromatic nitrogens is 4. The summed E-state index contributed by atoms with van der Waals surface area (Å²) in [6.45, 7) is 3.58. The summed E-state index contributed by atoms with van der Waals surface area (Å²) < 4.78 is 6.90. The molecule has 1 atom stereocenters. The summed E-state index contributed by atoms with van der Waals surface area (Å²) in [7, 11) is 1.62. The molecule has 10 nitrogen and oxygen atoms in total. The van der Waals surface area contributed by atoms with E-state index in [2.05, 4.69) is 25.2 Å². The molecule has 1 fully saturated rings. The summed E-state index contributed by atoms with van der Waals surface area (Å²) in [5.74, 6) is 1.90. The monoisotopic (exact) mass is 449 g/mol. The van der Waals surface area contributed by atoms with Crippen LogP contribution in [0.2, 0.25) is 0 Å². The van der Waals surface area contributed by atoms with Crippen molar-refractivity contribution in [2.75, 3.05) is 31.6 Å². The smallest absolute Gasteiger partial charge is 0.236 e. The fourth-order valence-electron chi connectivity index (χ4n) is 3.85. The highest BCUT2D eigenvalue weighted by Gasteiger charge is 2.31. The minimum atomic E-state index is -0.205. The maximum absolute atomic E-state index is 12.8. The molecule has 1 unspecified atom stereocenters. The van der Waals surface area contributed by atoms with E-state index in [9.17, 15) is 9.59 Å². The second-order valence-corrected chi connectivity index (χ2v) is 7.83. The zero-order valence-electron chi connectivity index (χ0n) is 18.7. The van der Waals surface area contributed by atoms with E-state index in [1.165, 1.54) is 0 Å². The number of rotatable bonds is 7. The van der Waals surface area contributed by atoms with Crippen LogP contribution in [-0.4, -0.2) is 69.0 Å². The van der Waals surface area contributed by atoms with Crippen molar-refractivity contribution < 1.29 is 14.3 Å². The molecule has 3 heterocycles. The van der Waals surface area contributed by atoms with Gasteiger partial charge in [-0.2, -0.15) is 4.98 Å². The second-order valence-electron chi connectivity index (χ2n) is 7.83. The first kappa shape index (κ1) is 22.3. The van der Waals surface area contributed by atoms with E-state index in [1.807, 2.05) is 30.3 Å². The van der Waals surface area contributed by atoms with Crippen LogP contribution in [0.5, 0.6) is 5.75 Å². The number of imidazole rings is 1. The molecule has 0 spiro atoms. The van der Waals surface area contributed by atoms with Gasteiger partial charge in [0.25, 0.3) is 0 Å². The van der Waals surface area contributed by atoms with Gasteiger partial charge in [-0.05, 0) is 23.8 Å². The molecule has 1 aromatic carbocycles. The normalized spacial score (nSPS) is 15.9. The third-order valence-electron chi connectivity index (χ3n) is 5.66. The first-order valence-electron chi connectivity index (χ1n) is 10.8. The highest BCUT2D eigenvalue weighted by Crippen LogP contribution is 2.21. The van der Waals surface area contributed by atoms with Crippen molar-refractivity contribution in [2.45, 2.75) is 25.9 Å². The van der Waals surface area contributed by atoms with E-state index in [1.54, 1.807) is 48.4 Å². The van der Waals surface area contributed by atoms with Crippen molar-refractivity contribution in [1.29, 1.82) is 0 Å². The number of carbonyl (C=O) groups is 2. The average Bonchev–Trinajstić information content (AvgIpc) is 3.38. The van der Waals surface area contributed by atoms with Gasteiger partial charge in [0.2, 0.25) is 17.8 Å². The van der Waals surface area contributed by atoms with Gasteiger partial charge in [0.15, 0.2) is 0 Å². The number of nitrogens with zero attached hydrogens (tertiary/aromatic N) is 6. The first-order chi connectivity index (χ1) is 16.0. The number of piperazine rings is 1. The number of ether oxygens (including phenoxy) is 1. The van der Waals surface area contributed by atoms with E-state index in [4.69, 9.17) is 4.74 Å². The number of hydrogen-bond donors (Lipinski definition) is 1. The predicted octanol–water partition coefficient (Wildman–Crippen LogP) is 1.41. The quantitative estimate of drug-likeness (QED) is 0.581.